The molecule has 0 radical (unpaired) electrons. The van der Waals surface area contributed by atoms with E-state index in [-0.39, 0.29) is 5.41 Å². The van der Waals surface area contributed by atoms with Crippen LogP contribution >= 0.6 is 11.3 Å². The fourth-order valence-electron chi connectivity index (χ4n) is 8.39. The Morgan fingerprint density at radius 3 is 1.87 bits per heavy atom. The molecule has 0 spiro atoms. The summed E-state index contributed by atoms with van der Waals surface area (Å²) >= 11 is 1.87. The Morgan fingerprint density at radius 1 is 0.377 bits per heavy atom. The lowest BCUT2D eigenvalue weighted by atomic mass is 9.82. The van der Waals surface area contributed by atoms with Gasteiger partial charge in [0.15, 0.2) is 0 Å². The number of fused-ring (bicyclic) bond motifs is 6. The summed E-state index contributed by atoms with van der Waals surface area (Å²) in [6.07, 6.45) is 0. The van der Waals surface area contributed by atoms with Gasteiger partial charge in [-0.25, -0.2) is 0 Å². The zero-order valence-electron chi connectivity index (χ0n) is 29.8. The van der Waals surface area contributed by atoms with E-state index in [1.54, 1.807) is 0 Å². The molecule has 0 unspecified atom stereocenters. The van der Waals surface area contributed by atoms with Gasteiger partial charge in [-0.3, -0.25) is 0 Å². The van der Waals surface area contributed by atoms with Crippen molar-refractivity contribution in [1.29, 1.82) is 0 Å². The van der Waals surface area contributed by atoms with Gasteiger partial charge in [-0.1, -0.05) is 153 Å². The van der Waals surface area contributed by atoms with Gasteiger partial charge in [0, 0.05) is 42.5 Å². The van der Waals surface area contributed by atoms with Gasteiger partial charge < -0.3 is 4.90 Å². The standard InChI is InChI=1S/C51H37NS/c1-51(2)46-20-9-6-18-42(46)45-32-37(26-30-47(45)51)35-23-27-39(28-24-35)52(40-16-12-15-36(31-40)34-13-4-3-5-14-34)48-21-10-7-17-41(48)38-25-29-44-43-19-8-11-22-49(43)53-50(44)33-38/h3-33H,1-2H3. The molecule has 8 aromatic carbocycles. The maximum atomic E-state index is 2.42. The maximum Gasteiger partial charge on any atom is 0.0540 e. The average molecular weight is 696 g/mol. The zero-order chi connectivity index (χ0) is 35.5. The Hall–Kier alpha value is -6.22. The van der Waals surface area contributed by atoms with Crippen LogP contribution in [0.4, 0.5) is 17.1 Å². The Kier molecular flexibility index (Phi) is 7.42. The summed E-state index contributed by atoms with van der Waals surface area (Å²) in [7, 11) is 0. The topological polar surface area (TPSA) is 3.24 Å². The predicted molar refractivity (Wildman–Crippen MR) is 228 cm³/mol. The Bertz CT molecular complexity index is 2810. The number of thiophene rings is 1. The van der Waals surface area contributed by atoms with E-state index in [9.17, 15) is 0 Å². The van der Waals surface area contributed by atoms with Gasteiger partial charge in [0.2, 0.25) is 0 Å². The number of nitrogens with zero attached hydrogens (tertiary/aromatic N) is 1. The minimum atomic E-state index is -0.00199. The molecular weight excluding hydrogens is 659 g/mol. The summed E-state index contributed by atoms with van der Waals surface area (Å²) in [6, 6.07) is 69.1. The molecule has 1 heterocycles. The van der Waals surface area contributed by atoms with Crippen molar-refractivity contribution in [3.63, 3.8) is 0 Å². The number of hydrogen-bond acceptors (Lipinski definition) is 2. The Morgan fingerprint density at radius 2 is 1.00 bits per heavy atom. The van der Waals surface area contributed by atoms with Gasteiger partial charge in [-0.05, 0) is 98.6 Å². The fraction of sp³-hybridized carbons (Fsp3) is 0.0588. The van der Waals surface area contributed by atoms with Crippen molar-refractivity contribution in [1.82, 2.24) is 0 Å². The number of benzene rings is 8. The van der Waals surface area contributed by atoms with Crippen molar-refractivity contribution >= 4 is 48.6 Å². The smallest absolute Gasteiger partial charge is 0.0540 e. The molecular formula is C51H37NS. The monoisotopic (exact) mass is 695 g/mol. The van der Waals surface area contributed by atoms with Crippen LogP contribution in [0.25, 0.3) is 64.7 Å². The number of para-hydroxylation sites is 1. The van der Waals surface area contributed by atoms with Gasteiger partial charge >= 0.3 is 0 Å². The molecule has 10 rings (SSSR count). The number of rotatable bonds is 6. The molecule has 252 valence electrons. The van der Waals surface area contributed by atoms with E-state index in [4.69, 9.17) is 0 Å². The van der Waals surface area contributed by atoms with Gasteiger partial charge in [-0.2, -0.15) is 0 Å². The van der Waals surface area contributed by atoms with Crippen molar-refractivity contribution in [3.8, 4) is 44.5 Å². The molecule has 0 saturated heterocycles. The zero-order valence-corrected chi connectivity index (χ0v) is 30.6. The number of hydrogen-bond donors (Lipinski definition) is 0. The molecule has 0 bridgehead atoms. The quantitative estimate of drug-likeness (QED) is 0.167. The van der Waals surface area contributed by atoms with Gasteiger partial charge in [-0.15, -0.1) is 11.3 Å². The largest absolute Gasteiger partial charge is 0.310 e. The lowest BCUT2D eigenvalue weighted by Gasteiger charge is -2.28. The molecule has 0 saturated carbocycles. The van der Waals surface area contributed by atoms with E-state index in [0.717, 1.165) is 17.1 Å². The van der Waals surface area contributed by atoms with Crippen LogP contribution in [0.2, 0.25) is 0 Å². The first-order chi connectivity index (χ1) is 26.0. The predicted octanol–water partition coefficient (Wildman–Crippen LogP) is 14.8. The van der Waals surface area contributed by atoms with Crippen LogP contribution in [0.15, 0.2) is 188 Å². The third-order valence-electron chi connectivity index (χ3n) is 11.1. The highest BCUT2D eigenvalue weighted by atomic mass is 32.1. The van der Waals surface area contributed by atoms with E-state index in [1.807, 2.05) is 11.3 Å². The maximum absolute atomic E-state index is 2.42. The van der Waals surface area contributed by atoms with E-state index >= 15 is 0 Å². The molecule has 1 nitrogen and oxygen atoms in total. The van der Waals surface area contributed by atoms with Gasteiger partial charge in [0.05, 0.1) is 5.69 Å². The first-order valence-electron chi connectivity index (χ1n) is 18.3. The van der Waals surface area contributed by atoms with E-state index in [2.05, 4.69) is 207 Å². The summed E-state index contributed by atoms with van der Waals surface area (Å²) < 4.78 is 2.63. The van der Waals surface area contributed by atoms with Crippen molar-refractivity contribution in [3.05, 3.63) is 199 Å². The minimum Gasteiger partial charge on any atom is -0.310 e. The summed E-state index contributed by atoms with van der Waals surface area (Å²) in [5.41, 5.74) is 16.1. The van der Waals surface area contributed by atoms with Crippen LogP contribution in [-0.2, 0) is 5.41 Å². The highest BCUT2D eigenvalue weighted by molar-refractivity contribution is 7.25. The SMILES string of the molecule is CC1(C)c2ccccc2-c2cc(-c3ccc(N(c4cccc(-c5ccccc5)c4)c4ccccc4-c4ccc5c(c4)sc4ccccc45)cc3)ccc21. The summed E-state index contributed by atoms with van der Waals surface area (Å²) in [5, 5.41) is 2.64. The highest BCUT2D eigenvalue weighted by Gasteiger charge is 2.35. The summed E-state index contributed by atoms with van der Waals surface area (Å²) in [4.78, 5) is 2.42. The molecule has 0 atom stereocenters. The molecule has 53 heavy (non-hydrogen) atoms. The third kappa shape index (κ3) is 5.29. The van der Waals surface area contributed by atoms with Crippen LogP contribution in [0.3, 0.4) is 0 Å². The summed E-state index contributed by atoms with van der Waals surface area (Å²) in [5.74, 6) is 0. The van der Waals surface area contributed by atoms with E-state index < -0.39 is 0 Å². The first-order valence-corrected chi connectivity index (χ1v) is 19.2. The second kappa shape index (κ2) is 12.5. The average Bonchev–Trinajstić information content (AvgIpc) is 3.70. The highest BCUT2D eigenvalue weighted by Crippen LogP contribution is 2.50. The van der Waals surface area contributed by atoms with Gasteiger partial charge in [0.25, 0.3) is 0 Å². The molecule has 2 heteroatoms. The van der Waals surface area contributed by atoms with Gasteiger partial charge in [0.1, 0.15) is 0 Å². The van der Waals surface area contributed by atoms with Crippen molar-refractivity contribution in [2.75, 3.05) is 4.90 Å². The Labute approximate surface area is 315 Å². The van der Waals surface area contributed by atoms with Crippen molar-refractivity contribution in [2.45, 2.75) is 19.3 Å². The van der Waals surface area contributed by atoms with E-state index in [0.29, 0.717) is 0 Å². The second-order valence-electron chi connectivity index (χ2n) is 14.6. The van der Waals surface area contributed by atoms with Crippen molar-refractivity contribution < 1.29 is 0 Å². The normalized spacial score (nSPS) is 12.9. The van der Waals surface area contributed by atoms with Crippen LogP contribution in [-0.4, -0.2) is 0 Å². The minimum absolute atomic E-state index is 0.00199. The molecule has 0 aliphatic heterocycles. The molecule has 0 N–H and O–H groups in total. The first kappa shape index (κ1) is 31.5. The lowest BCUT2D eigenvalue weighted by molar-refractivity contribution is 0.660. The molecule has 1 aliphatic carbocycles. The Balaban J connectivity index is 1.10. The number of anilines is 3. The second-order valence-corrected chi connectivity index (χ2v) is 15.6. The van der Waals surface area contributed by atoms with Crippen LogP contribution in [0.5, 0.6) is 0 Å². The fourth-order valence-corrected chi connectivity index (χ4v) is 9.54. The molecule has 1 aromatic heterocycles. The summed E-state index contributed by atoms with van der Waals surface area (Å²) in [6.45, 7) is 4.68. The molecule has 9 aromatic rings. The van der Waals surface area contributed by atoms with Crippen LogP contribution in [0, 0.1) is 0 Å². The van der Waals surface area contributed by atoms with Crippen LogP contribution in [0.1, 0.15) is 25.0 Å². The third-order valence-corrected chi connectivity index (χ3v) is 12.2. The molecule has 1 aliphatic rings. The van der Waals surface area contributed by atoms with Crippen LogP contribution < -0.4 is 4.90 Å². The lowest BCUT2D eigenvalue weighted by Crippen LogP contribution is -2.14. The molecule has 0 amide bonds. The van der Waals surface area contributed by atoms with E-state index in [1.165, 1.54) is 75.8 Å². The van der Waals surface area contributed by atoms with Crippen molar-refractivity contribution in [2.24, 2.45) is 0 Å². The molecule has 0 fully saturated rings.